The third-order valence-electron chi connectivity index (χ3n) is 9.27. The summed E-state index contributed by atoms with van der Waals surface area (Å²) in [5.74, 6) is 0.644. The Kier molecular flexibility index (Phi) is 10.5. The number of aromatic nitrogens is 2. The molecule has 0 atom stereocenters. The second kappa shape index (κ2) is 14.9. The van der Waals surface area contributed by atoms with Crippen molar-refractivity contribution in [1.29, 1.82) is 0 Å². The molecule has 7 aromatic rings. The first-order valence-corrected chi connectivity index (χ1v) is 20.3. The molecule has 3 heterocycles. The van der Waals surface area contributed by atoms with Crippen molar-refractivity contribution in [3.05, 3.63) is 139 Å². The summed E-state index contributed by atoms with van der Waals surface area (Å²) in [5.41, 5.74) is 9.45. The van der Waals surface area contributed by atoms with Crippen molar-refractivity contribution in [2.24, 2.45) is 0 Å². The molecule has 1 aliphatic rings. The van der Waals surface area contributed by atoms with Gasteiger partial charge >= 0.3 is 0 Å². The summed E-state index contributed by atoms with van der Waals surface area (Å²) >= 11 is 0. The molecule has 1 saturated carbocycles. The minimum Gasteiger partial charge on any atom is -0.501 e. The van der Waals surface area contributed by atoms with Gasteiger partial charge in [-0.3, -0.25) is 0 Å². The molecule has 3 aromatic heterocycles. The van der Waals surface area contributed by atoms with E-state index in [1.54, 1.807) is 0 Å². The van der Waals surface area contributed by atoms with Crippen molar-refractivity contribution in [2.45, 2.75) is 57.7 Å². The number of furan rings is 1. The van der Waals surface area contributed by atoms with Crippen LogP contribution in [0.4, 0.5) is 0 Å². The third-order valence-corrected chi connectivity index (χ3v) is 11.3. The second-order valence-corrected chi connectivity index (χ2v) is 18.6. The molecule has 5 heteroatoms. The van der Waals surface area contributed by atoms with E-state index in [0.717, 1.165) is 50.0 Å². The van der Waals surface area contributed by atoms with Gasteiger partial charge < -0.3 is 14.4 Å². The zero-order valence-electron chi connectivity index (χ0n) is 27.8. The van der Waals surface area contributed by atoms with Gasteiger partial charge in [0.1, 0.15) is 5.58 Å². The minimum absolute atomic E-state index is 0. The molecule has 0 N–H and O–H groups in total. The van der Waals surface area contributed by atoms with Crippen molar-refractivity contribution in [2.75, 3.05) is 0 Å². The van der Waals surface area contributed by atoms with Crippen LogP contribution in [-0.4, -0.2) is 18.0 Å². The zero-order chi connectivity index (χ0) is 32.2. The first kappa shape index (κ1) is 33.7. The Morgan fingerprint density at radius 2 is 1.52 bits per heavy atom. The van der Waals surface area contributed by atoms with Crippen molar-refractivity contribution in [3.8, 4) is 33.6 Å². The first-order valence-electron chi connectivity index (χ1n) is 16.8. The molecule has 1 aliphatic carbocycles. The summed E-state index contributed by atoms with van der Waals surface area (Å²) in [6, 6.07) is 44.3. The van der Waals surface area contributed by atoms with Gasteiger partial charge in [0.15, 0.2) is 0 Å². The summed E-state index contributed by atoms with van der Waals surface area (Å²) in [7, 11) is -1.23. The van der Waals surface area contributed by atoms with Crippen molar-refractivity contribution >= 4 is 35.2 Å². The van der Waals surface area contributed by atoms with Gasteiger partial charge in [-0.05, 0) is 52.9 Å². The van der Waals surface area contributed by atoms with Crippen LogP contribution in [0.15, 0.2) is 126 Å². The monoisotopic (exact) mass is 821 g/mol. The molecule has 1 fully saturated rings. The smallest absolute Gasteiger partial charge is 0.120 e. The van der Waals surface area contributed by atoms with Gasteiger partial charge in [-0.15, -0.1) is 48.0 Å². The van der Waals surface area contributed by atoms with Crippen LogP contribution >= 0.6 is 0 Å². The van der Waals surface area contributed by atoms with Gasteiger partial charge in [0, 0.05) is 37.9 Å². The van der Waals surface area contributed by atoms with Crippen LogP contribution in [0.25, 0.3) is 55.6 Å². The molecule has 3 nitrogen and oxygen atoms in total. The van der Waals surface area contributed by atoms with Crippen molar-refractivity contribution in [3.63, 3.8) is 0 Å². The average Bonchev–Trinajstić information content (AvgIpc) is 3.52. The molecule has 0 amide bonds. The van der Waals surface area contributed by atoms with E-state index in [0.29, 0.717) is 5.92 Å². The molecule has 0 spiro atoms. The third kappa shape index (κ3) is 7.29. The Hall–Kier alpha value is -4.15. The largest absolute Gasteiger partial charge is 0.501 e. The molecule has 8 rings (SSSR count). The van der Waals surface area contributed by atoms with Gasteiger partial charge in [-0.2, -0.15) is 0 Å². The Morgan fingerprint density at radius 1 is 0.750 bits per heavy atom. The fourth-order valence-corrected chi connectivity index (χ4v) is 7.66. The molecule has 48 heavy (non-hydrogen) atoms. The fourth-order valence-electron chi connectivity index (χ4n) is 6.63. The molecule has 0 unspecified atom stereocenters. The molecular weight excluding hydrogens is 781 g/mol. The van der Waals surface area contributed by atoms with Crippen LogP contribution in [0.2, 0.25) is 19.6 Å². The minimum atomic E-state index is -1.23. The summed E-state index contributed by atoms with van der Waals surface area (Å²) in [5, 5.41) is 3.67. The predicted octanol–water partition coefficient (Wildman–Crippen LogP) is 11.3. The van der Waals surface area contributed by atoms with Crippen molar-refractivity contribution in [1.82, 2.24) is 9.97 Å². The molecule has 0 saturated heterocycles. The Morgan fingerprint density at radius 3 is 2.25 bits per heavy atom. The van der Waals surface area contributed by atoms with Gasteiger partial charge in [-0.25, -0.2) is 0 Å². The number of hydrogen-bond acceptors (Lipinski definition) is 3. The van der Waals surface area contributed by atoms with E-state index in [1.807, 2.05) is 54.9 Å². The quantitative estimate of drug-likeness (QED) is 0.128. The molecule has 243 valence electrons. The molecular formula is C43H40IrN2OSi-2. The summed E-state index contributed by atoms with van der Waals surface area (Å²) in [6.45, 7) is 7.00. The van der Waals surface area contributed by atoms with Crippen LogP contribution in [0, 0.1) is 12.1 Å². The number of fused-ring (bicyclic) bond motifs is 3. The summed E-state index contributed by atoms with van der Waals surface area (Å²) < 4.78 is 6.41. The van der Waals surface area contributed by atoms with E-state index in [4.69, 9.17) is 9.40 Å². The van der Waals surface area contributed by atoms with Crippen LogP contribution in [-0.2, 0) is 20.1 Å². The van der Waals surface area contributed by atoms with E-state index in [9.17, 15) is 0 Å². The van der Waals surface area contributed by atoms with E-state index >= 15 is 0 Å². The van der Waals surface area contributed by atoms with Gasteiger partial charge in [-0.1, -0.05) is 128 Å². The average molecular weight is 821 g/mol. The molecule has 0 aliphatic heterocycles. The number of hydrogen-bond donors (Lipinski definition) is 0. The van der Waals surface area contributed by atoms with E-state index in [-0.39, 0.29) is 20.1 Å². The van der Waals surface area contributed by atoms with Gasteiger partial charge in [0.2, 0.25) is 0 Å². The molecule has 1 radical (unpaired) electrons. The number of rotatable bonds is 5. The standard InChI is InChI=1S/C29H24NO.C14H16NSi.Ir/c1-3-9-20(10-4-1)22-17-18-30-26(19-22)24-16-15-23(21-11-5-2-6-12-21)28-25-13-7-8-14-27(25)31-29(24)28;1-16(2,3)13-9-10-14(15-11-13)12-7-5-4-6-8-12;/h2,5-8,11-15,17-20H,1,3-4,9-10H2;4-7,9-11H,1-3H3;/q2*-1;. The maximum absolute atomic E-state index is 6.41. The summed E-state index contributed by atoms with van der Waals surface area (Å²) in [4.78, 5) is 9.25. The predicted molar refractivity (Wildman–Crippen MR) is 199 cm³/mol. The van der Waals surface area contributed by atoms with E-state index in [2.05, 4.69) is 103 Å². The first-order chi connectivity index (χ1) is 23.0. The number of para-hydroxylation sites is 1. The van der Waals surface area contributed by atoms with Crippen LogP contribution in [0.3, 0.4) is 0 Å². The molecule has 0 bridgehead atoms. The SMILES string of the molecule is C[Si](C)(C)c1ccc(-c2[c-]cccc2)nc1.[Ir].[c-]1cc(-c2ccccc2)c2c(oc3ccccc32)c1-c1cc(C2CCCCC2)ccn1. The maximum Gasteiger partial charge on any atom is 0.120 e. The second-order valence-electron chi connectivity index (χ2n) is 13.5. The van der Waals surface area contributed by atoms with Gasteiger partial charge in [0.25, 0.3) is 0 Å². The Balaban J connectivity index is 0.000000201. The molecule has 4 aromatic carbocycles. The fraction of sp³-hybridized carbons (Fsp3) is 0.209. The topological polar surface area (TPSA) is 38.9 Å². The number of benzene rings is 4. The van der Waals surface area contributed by atoms with Crippen LogP contribution in [0.1, 0.15) is 43.6 Å². The normalized spacial score (nSPS) is 13.5. The number of pyridine rings is 2. The van der Waals surface area contributed by atoms with Crippen molar-refractivity contribution < 1.29 is 24.5 Å². The maximum atomic E-state index is 6.41. The zero-order valence-corrected chi connectivity index (χ0v) is 31.2. The van der Waals surface area contributed by atoms with Gasteiger partial charge in [0.05, 0.1) is 13.7 Å². The Bertz CT molecular complexity index is 2100. The van der Waals surface area contributed by atoms with E-state index in [1.165, 1.54) is 48.4 Å². The summed E-state index contributed by atoms with van der Waals surface area (Å²) in [6.07, 6.45) is 10.5. The Labute approximate surface area is 298 Å². The van der Waals surface area contributed by atoms with E-state index < -0.39 is 8.07 Å². The van der Waals surface area contributed by atoms with Crippen LogP contribution < -0.4 is 5.19 Å². The van der Waals surface area contributed by atoms with Crippen LogP contribution in [0.5, 0.6) is 0 Å². The number of nitrogens with zero attached hydrogens (tertiary/aromatic N) is 2.